The van der Waals surface area contributed by atoms with Gasteiger partial charge < -0.3 is 14.1 Å². The molecule has 0 saturated carbocycles. The number of H-pyrrole nitrogens is 1. The number of hydrogen-bond donors (Lipinski definition) is 2. The van der Waals surface area contributed by atoms with Crippen LogP contribution in [-0.2, 0) is 14.8 Å². The first-order chi connectivity index (χ1) is 14.8. The topological polar surface area (TPSA) is 118 Å². The molecule has 9 nitrogen and oxygen atoms in total. The Morgan fingerprint density at radius 1 is 1.26 bits per heavy atom. The number of oxazole rings is 1. The Morgan fingerprint density at radius 2 is 2.03 bits per heavy atom. The van der Waals surface area contributed by atoms with E-state index in [1.807, 2.05) is 0 Å². The van der Waals surface area contributed by atoms with Gasteiger partial charge in [0.15, 0.2) is 10.7 Å². The van der Waals surface area contributed by atoms with Crippen LogP contribution in [0.4, 0.5) is 10.8 Å². The van der Waals surface area contributed by atoms with E-state index in [4.69, 9.17) is 20.8 Å². The summed E-state index contributed by atoms with van der Waals surface area (Å²) in [6, 6.07) is 6.56. The average Bonchev–Trinajstić information content (AvgIpc) is 3.30. The molecule has 0 bridgehead atoms. The van der Waals surface area contributed by atoms with Gasteiger partial charge in [-0.25, -0.2) is 18.2 Å². The molecule has 2 aromatic carbocycles. The molecule has 13 heteroatoms. The van der Waals surface area contributed by atoms with Gasteiger partial charge in [-0.1, -0.05) is 22.9 Å². The second kappa shape index (κ2) is 7.78. The van der Waals surface area contributed by atoms with Gasteiger partial charge in [0.1, 0.15) is 9.92 Å². The fourth-order valence-electron chi connectivity index (χ4n) is 3.32. The molecule has 0 atom stereocenters. The molecule has 5 rings (SSSR count). The first-order valence-corrected chi connectivity index (χ1v) is 12.6. The maximum absolute atomic E-state index is 13.1. The highest BCUT2D eigenvalue weighted by Gasteiger charge is 2.26. The van der Waals surface area contributed by atoms with E-state index in [2.05, 4.69) is 35.5 Å². The lowest BCUT2D eigenvalue weighted by Gasteiger charge is -2.25. The van der Waals surface area contributed by atoms with Gasteiger partial charge in [0.2, 0.25) is 0 Å². The van der Waals surface area contributed by atoms with Crippen molar-refractivity contribution in [3.8, 4) is 0 Å². The fourth-order valence-corrected chi connectivity index (χ4v) is 7.29. The van der Waals surface area contributed by atoms with Gasteiger partial charge in [-0.3, -0.25) is 9.71 Å². The van der Waals surface area contributed by atoms with Crippen molar-refractivity contribution in [3.63, 3.8) is 0 Å². The summed E-state index contributed by atoms with van der Waals surface area (Å²) in [5, 5.41) is 0.681. The number of nitrogens with one attached hydrogen (secondary N) is 2. The molecular formula is C18H14BrClN4O5S2. The number of aromatic amines is 1. The monoisotopic (exact) mass is 544 g/mol. The summed E-state index contributed by atoms with van der Waals surface area (Å²) in [7, 11) is -4.09. The van der Waals surface area contributed by atoms with Crippen LogP contribution < -0.4 is 15.4 Å². The van der Waals surface area contributed by atoms with Crippen molar-refractivity contribution in [2.24, 2.45) is 0 Å². The highest BCUT2D eigenvalue weighted by molar-refractivity contribution is 9.10. The summed E-state index contributed by atoms with van der Waals surface area (Å²) in [5.41, 5.74) is 1.42. The lowest BCUT2D eigenvalue weighted by molar-refractivity contribution is 0.122. The Kier molecular flexibility index (Phi) is 5.21. The number of aromatic nitrogens is 2. The van der Waals surface area contributed by atoms with Crippen LogP contribution in [0.15, 0.2) is 42.8 Å². The van der Waals surface area contributed by atoms with Crippen molar-refractivity contribution in [2.45, 2.75) is 4.90 Å². The smallest absolute Gasteiger partial charge is 0.406 e. The van der Waals surface area contributed by atoms with Crippen molar-refractivity contribution < 1.29 is 17.6 Å². The minimum Gasteiger partial charge on any atom is -0.406 e. The standard InChI is InChI=1S/C18H14BrClN4O5S2/c19-10-8-12-15(29-18(25)22-12)14(20)16(10)31(26,27)23-9-1-2-11-13(7-9)30-17(21-11)24-3-5-28-6-4-24/h1-2,7-8,23H,3-6H2,(H,22,25). The Labute approximate surface area is 193 Å². The molecule has 162 valence electrons. The molecule has 1 aliphatic heterocycles. The van der Waals surface area contributed by atoms with Crippen LogP contribution >= 0.6 is 38.9 Å². The quantitative estimate of drug-likeness (QED) is 0.401. The molecule has 0 aliphatic carbocycles. The number of morpholine rings is 1. The van der Waals surface area contributed by atoms with E-state index < -0.39 is 15.8 Å². The predicted octanol–water partition coefficient (Wildman–Crippen LogP) is 3.78. The zero-order valence-electron chi connectivity index (χ0n) is 15.6. The summed E-state index contributed by atoms with van der Waals surface area (Å²) in [5.74, 6) is -0.724. The maximum Gasteiger partial charge on any atom is 0.417 e. The third kappa shape index (κ3) is 3.82. The van der Waals surface area contributed by atoms with Crippen LogP contribution in [-0.4, -0.2) is 44.7 Å². The molecule has 0 unspecified atom stereocenters. The van der Waals surface area contributed by atoms with E-state index >= 15 is 0 Å². The number of benzene rings is 2. The highest BCUT2D eigenvalue weighted by Crippen LogP contribution is 2.37. The summed E-state index contributed by atoms with van der Waals surface area (Å²) < 4.78 is 40.1. The average molecular weight is 546 g/mol. The SMILES string of the molecule is O=c1[nH]c2cc(Br)c(S(=O)(=O)Nc3ccc4nc(N5CCOCC5)sc4c3)c(Cl)c2o1. The van der Waals surface area contributed by atoms with Crippen molar-refractivity contribution >= 4 is 81.0 Å². The van der Waals surface area contributed by atoms with Gasteiger partial charge >= 0.3 is 5.76 Å². The molecule has 1 fully saturated rings. The van der Waals surface area contributed by atoms with Gasteiger partial charge in [0.05, 0.1) is 34.6 Å². The summed E-state index contributed by atoms with van der Waals surface area (Å²) in [6.45, 7) is 2.84. The largest absolute Gasteiger partial charge is 0.417 e. The first kappa shape index (κ1) is 20.8. The van der Waals surface area contributed by atoms with E-state index in [1.54, 1.807) is 18.2 Å². The van der Waals surface area contributed by atoms with Crippen molar-refractivity contribution in [1.82, 2.24) is 9.97 Å². The minimum atomic E-state index is -4.09. The van der Waals surface area contributed by atoms with Crippen molar-refractivity contribution in [3.05, 3.63) is 44.3 Å². The number of thiazole rings is 1. The molecule has 0 spiro atoms. The first-order valence-electron chi connectivity index (χ1n) is 9.09. The number of halogens is 2. The van der Waals surface area contributed by atoms with Gasteiger partial charge in [-0.05, 0) is 40.2 Å². The summed E-state index contributed by atoms with van der Waals surface area (Å²) in [6.07, 6.45) is 0. The lowest BCUT2D eigenvalue weighted by atomic mass is 10.3. The maximum atomic E-state index is 13.1. The number of hydrogen-bond acceptors (Lipinski definition) is 8. The van der Waals surface area contributed by atoms with Gasteiger partial charge in [0, 0.05) is 17.6 Å². The normalized spacial score (nSPS) is 15.1. The van der Waals surface area contributed by atoms with E-state index in [-0.39, 0.29) is 20.0 Å². The number of sulfonamides is 1. The Morgan fingerprint density at radius 3 is 2.81 bits per heavy atom. The lowest BCUT2D eigenvalue weighted by Crippen LogP contribution is -2.36. The number of rotatable bonds is 4. The van der Waals surface area contributed by atoms with Gasteiger partial charge in [-0.2, -0.15) is 0 Å². The molecule has 0 radical (unpaired) electrons. The van der Waals surface area contributed by atoms with E-state index in [1.165, 1.54) is 17.4 Å². The van der Waals surface area contributed by atoms with Crippen LogP contribution in [0.25, 0.3) is 21.3 Å². The summed E-state index contributed by atoms with van der Waals surface area (Å²) >= 11 is 11.0. The van der Waals surface area contributed by atoms with Crippen LogP contribution in [0.1, 0.15) is 0 Å². The van der Waals surface area contributed by atoms with Crippen LogP contribution in [0.3, 0.4) is 0 Å². The number of fused-ring (bicyclic) bond motifs is 2. The molecular weight excluding hydrogens is 532 g/mol. The number of anilines is 2. The van der Waals surface area contributed by atoms with Gasteiger partial charge in [0.25, 0.3) is 10.0 Å². The van der Waals surface area contributed by atoms with Crippen LogP contribution in [0.2, 0.25) is 5.02 Å². The van der Waals surface area contributed by atoms with E-state index in [0.717, 1.165) is 28.4 Å². The molecule has 31 heavy (non-hydrogen) atoms. The predicted molar refractivity (Wildman–Crippen MR) is 123 cm³/mol. The van der Waals surface area contributed by atoms with E-state index in [0.29, 0.717) is 24.4 Å². The minimum absolute atomic E-state index is 0.0247. The van der Waals surface area contributed by atoms with Crippen LogP contribution in [0.5, 0.6) is 0 Å². The summed E-state index contributed by atoms with van der Waals surface area (Å²) in [4.78, 5) is 20.5. The molecule has 1 saturated heterocycles. The van der Waals surface area contributed by atoms with Crippen LogP contribution in [0, 0.1) is 0 Å². The number of nitrogens with zero attached hydrogens (tertiary/aromatic N) is 2. The number of ether oxygens (including phenoxy) is 1. The molecule has 2 N–H and O–H groups in total. The van der Waals surface area contributed by atoms with Crippen molar-refractivity contribution in [2.75, 3.05) is 35.9 Å². The Bertz CT molecular complexity index is 1470. The molecule has 0 amide bonds. The Balaban J connectivity index is 1.50. The second-order valence-corrected chi connectivity index (χ2v) is 10.6. The third-order valence-corrected chi connectivity index (χ3v) is 8.65. The van der Waals surface area contributed by atoms with E-state index in [9.17, 15) is 13.2 Å². The zero-order chi connectivity index (χ0) is 21.8. The fraction of sp³-hybridized carbons (Fsp3) is 0.222. The molecule has 2 aromatic heterocycles. The third-order valence-electron chi connectivity index (χ3n) is 4.74. The molecule has 3 heterocycles. The highest BCUT2D eigenvalue weighted by atomic mass is 79.9. The molecule has 4 aromatic rings. The zero-order valence-corrected chi connectivity index (χ0v) is 19.6. The van der Waals surface area contributed by atoms with Gasteiger partial charge in [-0.15, -0.1) is 0 Å². The second-order valence-electron chi connectivity index (χ2n) is 6.78. The Hall–Kier alpha value is -2.12. The van der Waals surface area contributed by atoms with Crippen molar-refractivity contribution in [1.29, 1.82) is 0 Å². The molecule has 1 aliphatic rings.